The Kier molecular flexibility index (Phi) is 7.50. The van der Waals surface area contributed by atoms with Gasteiger partial charge in [0.1, 0.15) is 34.7 Å². The zero-order valence-electron chi connectivity index (χ0n) is 23.1. The summed E-state index contributed by atoms with van der Waals surface area (Å²) in [4.78, 5) is 35.1. The molecule has 8 nitrogen and oxygen atoms in total. The van der Waals surface area contributed by atoms with Crippen molar-refractivity contribution in [3.05, 3.63) is 80.5 Å². The van der Waals surface area contributed by atoms with E-state index in [4.69, 9.17) is 31.8 Å². The number of benzene rings is 2. The Morgan fingerprint density at radius 1 is 1.23 bits per heavy atom. The average molecular weight is 672 g/mol. The first-order valence-electron chi connectivity index (χ1n) is 13.5. The normalized spacial score (nSPS) is 18.2. The van der Waals surface area contributed by atoms with Gasteiger partial charge in [-0.2, -0.15) is 0 Å². The van der Waals surface area contributed by atoms with Crippen molar-refractivity contribution in [1.29, 1.82) is 0 Å². The summed E-state index contributed by atoms with van der Waals surface area (Å²) >= 11 is 9.22. The fraction of sp³-hybridized carbons (Fsp3) is 0.290. The topological polar surface area (TPSA) is 116 Å². The predicted octanol–water partition coefficient (Wildman–Crippen LogP) is 6.06. The summed E-state index contributed by atoms with van der Waals surface area (Å²) in [5, 5.41) is 3.36. The molecule has 43 heavy (non-hydrogen) atoms. The number of ether oxygens (including phenoxy) is 2. The maximum absolute atomic E-state index is 15.2. The number of methoxy groups -OCH3 is 1. The molecule has 1 aliphatic carbocycles. The molecular weight excluding hydrogens is 646 g/mol. The molecule has 2 aliphatic rings. The van der Waals surface area contributed by atoms with E-state index in [1.807, 2.05) is 6.07 Å². The maximum Gasteiger partial charge on any atom is 0.251 e. The molecule has 6 rings (SSSR count). The molecule has 3 N–H and O–H groups in total. The zero-order chi connectivity index (χ0) is 30.6. The number of carbonyl (C=O) groups excluding carboxylic acids is 2. The number of carbonyl (C=O) groups is 2. The number of fused-ring (bicyclic) bond motifs is 2. The summed E-state index contributed by atoms with van der Waals surface area (Å²) < 4.78 is 41.8. The highest BCUT2D eigenvalue weighted by Gasteiger charge is 2.45. The molecule has 4 aromatic rings. The Labute approximate surface area is 259 Å². The summed E-state index contributed by atoms with van der Waals surface area (Å²) in [7, 11) is 1.51. The van der Waals surface area contributed by atoms with Crippen molar-refractivity contribution in [3.8, 4) is 22.8 Å². The van der Waals surface area contributed by atoms with Gasteiger partial charge in [-0.25, -0.2) is 13.8 Å². The number of hydrogen-bond acceptors (Lipinski definition) is 6. The van der Waals surface area contributed by atoms with Crippen LogP contribution in [0.3, 0.4) is 0 Å². The SMILES string of the molecule is COc1cc(C(=O)NC[C@H](c2cc3c(c(-c4ccc(Cl)c(F)c4F)n2)OC[C@]3(C)C(N)=O)C2CC2)cc2cc(Br)cnc12. The van der Waals surface area contributed by atoms with E-state index in [0.29, 0.717) is 28.1 Å². The standard InChI is InChI=1S/C31H26BrClF2N4O4/c1-31(30(36)41)13-43-28-20(31)10-22(39-27(28)18-5-6-21(33)25(35)24(18)34)19(14-3-4-14)12-38-29(40)16-7-15-8-17(32)11-37-26(15)23(9-16)42-2/h5-11,14,19H,3-4,12-13H2,1-2H3,(H2,36,41)(H,38,40)/t19-,31-/m0/s1. The molecule has 1 fully saturated rings. The molecule has 2 aromatic heterocycles. The Morgan fingerprint density at radius 3 is 2.70 bits per heavy atom. The number of aromatic nitrogens is 2. The second-order valence-corrected chi connectivity index (χ2v) is 12.4. The molecule has 0 bridgehead atoms. The summed E-state index contributed by atoms with van der Waals surface area (Å²) in [6.07, 6.45) is 3.44. The number of nitrogens with two attached hydrogens (primary N) is 1. The summed E-state index contributed by atoms with van der Waals surface area (Å²) in [6.45, 7) is 1.77. The lowest BCUT2D eigenvalue weighted by Crippen LogP contribution is -2.40. The largest absolute Gasteiger partial charge is 0.494 e. The maximum atomic E-state index is 15.2. The molecule has 0 saturated heterocycles. The molecular formula is C31H26BrClF2N4O4. The molecule has 12 heteroatoms. The summed E-state index contributed by atoms with van der Waals surface area (Å²) in [5.74, 6) is -2.84. The van der Waals surface area contributed by atoms with Crippen LogP contribution in [0.1, 0.15) is 47.3 Å². The van der Waals surface area contributed by atoms with Crippen molar-refractivity contribution in [1.82, 2.24) is 15.3 Å². The molecule has 1 aliphatic heterocycles. The van der Waals surface area contributed by atoms with Crippen molar-refractivity contribution in [2.24, 2.45) is 11.7 Å². The minimum absolute atomic E-state index is 0.0415. The first-order valence-corrected chi connectivity index (χ1v) is 14.7. The highest BCUT2D eigenvalue weighted by Crippen LogP contribution is 2.49. The van der Waals surface area contributed by atoms with Gasteiger partial charge in [0.15, 0.2) is 11.6 Å². The van der Waals surface area contributed by atoms with Crippen LogP contribution in [0.5, 0.6) is 11.5 Å². The van der Waals surface area contributed by atoms with Crippen LogP contribution in [0, 0.1) is 17.6 Å². The van der Waals surface area contributed by atoms with Gasteiger partial charge in [-0.3, -0.25) is 14.6 Å². The van der Waals surface area contributed by atoms with Crippen LogP contribution in [-0.2, 0) is 10.2 Å². The van der Waals surface area contributed by atoms with Gasteiger partial charge in [0.2, 0.25) is 5.91 Å². The molecule has 2 aromatic carbocycles. The van der Waals surface area contributed by atoms with Crippen LogP contribution < -0.4 is 20.5 Å². The van der Waals surface area contributed by atoms with E-state index in [1.165, 1.54) is 19.2 Å². The molecule has 0 spiro atoms. The average Bonchev–Trinajstić information content (AvgIpc) is 3.77. The van der Waals surface area contributed by atoms with E-state index in [0.717, 1.165) is 22.7 Å². The first kappa shape index (κ1) is 29.3. The van der Waals surface area contributed by atoms with Crippen molar-refractivity contribution in [2.75, 3.05) is 20.3 Å². The van der Waals surface area contributed by atoms with Gasteiger partial charge in [-0.1, -0.05) is 11.6 Å². The van der Waals surface area contributed by atoms with Crippen LogP contribution >= 0.6 is 27.5 Å². The fourth-order valence-corrected chi connectivity index (χ4v) is 5.98. The highest BCUT2D eigenvalue weighted by molar-refractivity contribution is 9.10. The highest BCUT2D eigenvalue weighted by atomic mass is 79.9. The number of nitrogens with zero attached hydrogens (tertiary/aromatic N) is 2. The van der Waals surface area contributed by atoms with Crippen molar-refractivity contribution >= 4 is 50.2 Å². The lowest BCUT2D eigenvalue weighted by molar-refractivity contribution is -0.123. The minimum atomic E-state index is -1.22. The minimum Gasteiger partial charge on any atom is -0.494 e. The third-order valence-electron chi connectivity index (χ3n) is 8.18. The van der Waals surface area contributed by atoms with Crippen LogP contribution in [0.25, 0.3) is 22.2 Å². The zero-order valence-corrected chi connectivity index (χ0v) is 25.5. The fourth-order valence-electron chi connectivity index (χ4n) is 5.48. The van der Waals surface area contributed by atoms with E-state index in [9.17, 15) is 14.0 Å². The number of primary amides is 1. The van der Waals surface area contributed by atoms with Gasteiger partial charge < -0.3 is 20.5 Å². The number of pyridine rings is 2. The number of hydrogen-bond donors (Lipinski definition) is 2. The van der Waals surface area contributed by atoms with Crippen molar-refractivity contribution in [3.63, 3.8) is 0 Å². The van der Waals surface area contributed by atoms with Crippen molar-refractivity contribution in [2.45, 2.75) is 31.1 Å². The monoisotopic (exact) mass is 670 g/mol. The van der Waals surface area contributed by atoms with Gasteiger partial charge in [0, 0.05) is 50.9 Å². The van der Waals surface area contributed by atoms with E-state index in [-0.39, 0.29) is 52.9 Å². The second kappa shape index (κ2) is 11.0. The van der Waals surface area contributed by atoms with Crippen LogP contribution in [0.15, 0.2) is 47.1 Å². The van der Waals surface area contributed by atoms with E-state index in [2.05, 4.69) is 26.2 Å². The predicted molar refractivity (Wildman–Crippen MR) is 160 cm³/mol. The third kappa shape index (κ3) is 5.18. The molecule has 3 heterocycles. The number of halogens is 4. The Hall–Kier alpha value is -3.83. The van der Waals surface area contributed by atoms with Gasteiger partial charge in [0.05, 0.1) is 12.1 Å². The van der Waals surface area contributed by atoms with E-state index in [1.54, 1.807) is 31.3 Å². The lowest BCUT2D eigenvalue weighted by Gasteiger charge is -2.22. The summed E-state index contributed by atoms with van der Waals surface area (Å²) in [6, 6.07) is 9.51. The second-order valence-electron chi connectivity index (χ2n) is 11.0. The lowest BCUT2D eigenvalue weighted by atomic mass is 9.82. The Morgan fingerprint density at radius 2 is 2.00 bits per heavy atom. The van der Waals surface area contributed by atoms with E-state index < -0.39 is 23.0 Å². The number of rotatable bonds is 8. The van der Waals surface area contributed by atoms with Crippen molar-refractivity contribution < 1.29 is 27.8 Å². The van der Waals surface area contributed by atoms with Gasteiger partial charge in [-0.05, 0) is 78.0 Å². The molecule has 222 valence electrons. The Bertz CT molecular complexity index is 1820. The van der Waals surface area contributed by atoms with Gasteiger partial charge in [0.25, 0.3) is 5.91 Å². The third-order valence-corrected chi connectivity index (χ3v) is 8.90. The quantitative estimate of drug-likeness (QED) is 0.220. The van der Waals surface area contributed by atoms with E-state index >= 15 is 4.39 Å². The molecule has 2 atom stereocenters. The summed E-state index contributed by atoms with van der Waals surface area (Å²) in [5.41, 5.74) is 6.39. The first-order chi connectivity index (χ1) is 20.5. The number of amides is 2. The van der Waals surface area contributed by atoms with Crippen LogP contribution in [-0.4, -0.2) is 42.0 Å². The number of nitrogens with one attached hydrogen (secondary N) is 1. The smallest absolute Gasteiger partial charge is 0.251 e. The molecule has 0 unspecified atom stereocenters. The molecule has 1 saturated carbocycles. The van der Waals surface area contributed by atoms with Gasteiger partial charge in [-0.15, -0.1) is 0 Å². The molecule has 2 amide bonds. The molecule has 0 radical (unpaired) electrons. The Balaban J connectivity index is 1.39. The van der Waals surface area contributed by atoms with Crippen LogP contribution in [0.4, 0.5) is 8.78 Å². The van der Waals surface area contributed by atoms with Gasteiger partial charge >= 0.3 is 0 Å². The van der Waals surface area contributed by atoms with Crippen LogP contribution in [0.2, 0.25) is 5.02 Å².